The lowest BCUT2D eigenvalue weighted by Crippen LogP contribution is -2.40. The Hall–Kier alpha value is -1.58. The maximum Gasteiger partial charge on any atom is 0.216 e. The van der Waals surface area contributed by atoms with Crippen molar-refractivity contribution in [3.63, 3.8) is 0 Å². The average molecular weight is 444 g/mol. The second-order valence-corrected chi connectivity index (χ2v) is 5.93. The van der Waals surface area contributed by atoms with Crippen LogP contribution in [0.25, 0.3) is 11.6 Å². The molecule has 1 aliphatic carbocycles. The molecule has 1 fully saturated rings. The molecule has 24 heavy (non-hydrogen) atoms. The number of hydrogen-bond donors (Lipinski definition) is 3. The summed E-state index contributed by atoms with van der Waals surface area (Å²) in [7, 11) is 0. The quantitative estimate of drug-likeness (QED) is 0.285. The first-order valence-electron chi connectivity index (χ1n) is 8.33. The van der Waals surface area contributed by atoms with Crippen LogP contribution >= 0.6 is 24.0 Å². The van der Waals surface area contributed by atoms with Crippen molar-refractivity contribution < 1.29 is 4.42 Å². The largest absolute Gasteiger partial charge is 0.461 e. The van der Waals surface area contributed by atoms with E-state index in [0.29, 0.717) is 36.6 Å². The van der Waals surface area contributed by atoms with Gasteiger partial charge in [-0.05, 0) is 25.0 Å². The van der Waals surface area contributed by atoms with Gasteiger partial charge in [0.25, 0.3) is 0 Å². The van der Waals surface area contributed by atoms with E-state index in [1.807, 2.05) is 12.1 Å². The topological polar surface area (TPSA) is 105 Å². The van der Waals surface area contributed by atoms with Crippen molar-refractivity contribution >= 4 is 29.9 Å². The zero-order chi connectivity index (χ0) is 15.9. The Morgan fingerprint density at radius 2 is 2.12 bits per heavy atom. The number of rotatable bonds is 5. The number of furan rings is 1. The number of H-pyrrole nitrogens is 1. The first-order valence-corrected chi connectivity index (χ1v) is 8.33. The summed E-state index contributed by atoms with van der Waals surface area (Å²) in [5, 5.41) is 10.4. The molecule has 0 aromatic carbocycles. The fraction of sp³-hybridized carbons (Fsp3) is 0.562. The lowest BCUT2D eigenvalue weighted by molar-refractivity contribution is 0.530. The van der Waals surface area contributed by atoms with E-state index in [4.69, 9.17) is 10.2 Å². The Morgan fingerprint density at radius 1 is 1.33 bits per heavy atom. The monoisotopic (exact) mass is 444 g/mol. The van der Waals surface area contributed by atoms with Gasteiger partial charge in [0.05, 0.1) is 6.26 Å². The predicted molar refractivity (Wildman–Crippen MR) is 104 cm³/mol. The smallest absolute Gasteiger partial charge is 0.216 e. The van der Waals surface area contributed by atoms with Crippen LogP contribution in [0.4, 0.5) is 0 Å². The number of aromatic amines is 1. The predicted octanol–water partition coefficient (Wildman–Crippen LogP) is 2.85. The molecular weight excluding hydrogens is 419 g/mol. The fourth-order valence-electron chi connectivity index (χ4n) is 2.88. The van der Waals surface area contributed by atoms with Crippen LogP contribution in [0.15, 0.2) is 27.8 Å². The molecule has 2 heterocycles. The van der Waals surface area contributed by atoms with Crippen LogP contribution < -0.4 is 11.1 Å². The molecule has 0 aliphatic heterocycles. The lowest BCUT2D eigenvalue weighted by atomic mass is 10.1. The summed E-state index contributed by atoms with van der Waals surface area (Å²) in [6.45, 7) is 0.582. The SMILES string of the molecule is I.NC(=NCCc1nc(-c2ccco2)n[nH]1)NC1CCCCCC1. The summed E-state index contributed by atoms with van der Waals surface area (Å²) < 4.78 is 5.27. The van der Waals surface area contributed by atoms with Crippen LogP contribution in [0, 0.1) is 0 Å². The molecule has 0 unspecified atom stereocenters. The van der Waals surface area contributed by atoms with Crippen molar-refractivity contribution in [1.82, 2.24) is 20.5 Å². The molecule has 0 atom stereocenters. The van der Waals surface area contributed by atoms with Gasteiger partial charge in [-0.25, -0.2) is 4.98 Å². The maximum absolute atomic E-state index is 5.98. The average Bonchev–Trinajstić information content (AvgIpc) is 3.16. The van der Waals surface area contributed by atoms with Gasteiger partial charge >= 0.3 is 0 Å². The summed E-state index contributed by atoms with van der Waals surface area (Å²) in [5.74, 6) is 2.54. The molecule has 0 saturated heterocycles. The highest BCUT2D eigenvalue weighted by Gasteiger charge is 2.12. The molecule has 7 nitrogen and oxygen atoms in total. The molecular formula is C16H25IN6O. The van der Waals surface area contributed by atoms with E-state index in [2.05, 4.69) is 25.5 Å². The standard InChI is InChI=1S/C16H24N6O.HI/c17-16(19-12-6-3-1-2-4-7-12)18-10-9-14-20-15(22-21-14)13-8-5-11-23-13;/h5,8,11-12H,1-4,6-7,9-10H2,(H3,17,18,19)(H,20,21,22);1H. The van der Waals surface area contributed by atoms with E-state index in [-0.39, 0.29) is 24.0 Å². The number of nitrogens with zero attached hydrogens (tertiary/aromatic N) is 3. The number of nitrogens with two attached hydrogens (primary N) is 1. The van der Waals surface area contributed by atoms with Gasteiger partial charge in [0, 0.05) is 19.0 Å². The molecule has 0 amide bonds. The van der Waals surface area contributed by atoms with Crippen molar-refractivity contribution in [2.75, 3.05) is 6.54 Å². The molecule has 4 N–H and O–H groups in total. The minimum atomic E-state index is 0. The van der Waals surface area contributed by atoms with E-state index in [9.17, 15) is 0 Å². The van der Waals surface area contributed by atoms with E-state index >= 15 is 0 Å². The summed E-state index contributed by atoms with van der Waals surface area (Å²) in [5.41, 5.74) is 5.98. The van der Waals surface area contributed by atoms with Gasteiger partial charge in [-0.1, -0.05) is 25.7 Å². The number of halogens is 1. The van der Waals surface area contributed by atoms with Gasteiger partial charge in [-0.2, -0.15) is 5.10 Å². The van der Waals surface area contributed by atoms with Crippen LogP contribution in [0.1, 0.15) is 44.3 Å². The van der Waals surface area contributed by atoms with Crippen LogP contribution in [0.2, 0.25) is 0 Å². The van der Waals surface area contributed by atoms with Gasteiger partial charge in [0.2, 0.25) is 5.82 Å². The summed E-state index contributed by atoms with van der Waals surface area (Å²) in [6.07, 6.45) is 9.86. The Morgan fingerprint density at radius 3 is 2.83 bits per heavy atom. The van der Waals surface area contributed by atoms with E-state index < -0.39 is 0 Å². The number of hydrogen-bond acceptors (Lipinski definition) is 4. The number of aromatic nitrogens is 3. The zero-order valence-electron chi connectivity index (χ0n) is 13.7. The highest BCUT2D eigenvalue weighted by atomic mass is 127. The Balaban J connectivity index is 0.00000208. The molecule has 0 radical (unpaired) electrons. The zero-order valence-corrected chi connectivity index (χ0v) is 16.0. The van der Waals surface area contributed by atoms with E-state index in [1.165, 1.54) is 38.5 Å². The molecule has 1 saturated carbocycles. The van der Waals surface area contributed by atoms with Gasteiger partial charge in [-0.3, -0.25) is 10.1 Å². The third-order valence-corrected chi connectivity index (χ3v) is 4.11. The first kappa shape index (κ1) is 18.8. The molecule has 0 bridgehead atoms. The minimum Gasteiger partial charge on any atom is -0.461 e. The van der Waals surface area contributed by atoms with Crippen LogP contribution in [-0.4, -0.2) is 33.7 Å². The Kier molecular flexibility index (Phi) is 7.54. The van der Waals surface area contributed by atoms with E-state index in [0.717, 1.165) is 5.82 Å². The Bertz CT molecular complexity index is 616. The van der Waals surface area contributed by atoms with Gasteiger partial charge < -0.3 is 15.5 Å². The maximum atomic E-state index is 5.98. The molecule has 8 heteroatoms. The third kappa shape index (κ3) is 5.50. The normalized spacial score (nSPS) is 16.4. The molecule has 132 valence electrons. The molecule has 3 rings (SSSR count). The summed E-state index contributed by atoms with van der Waals surface area (Å²) >= 11 is 0. The molecule has 1 aliphatic rings. The summed E-state index contributed by atoms with van der Waals surface area (Å²) in [4.78, 5) is 8.77. The van der Waals surface area contributed by atoms with Gasteiger partial charge in [-0.15, -0.1) is 24.0 Å². The van der Waals surface area contributed by atoms with Crippen molar-refractivity contribution in [1.29, 1.82) is 0 Å². The lowest BCUT2D eigenvalue weighted by Gasteiger charge is -2.16. The van der Waals surface area contributed by atoms with Gasteiger partial charge in [0.15, 0.2) is 11.7 Å². The minimum absolute atomic E-state index is 0. The van der Waals surface area contributed by atoms with Crippen LogP contribution in [-0.2, 0) is 6.42 Å². The summed E-state index contributed by atoms with van der Waals surface area (Å²) in [6, 6.07) is 4.12. The highest BCUT2D eigenvalue weighted by molar-refractivity contribution is 14.0. The highest BCUT2D eigenvalue weighted by Crippen LogP contribution is 2.17. The first-order chi connectivity index (χ1) is 11.3. The third-order valence-electron chi connectivity index (χ3n) is 4.11. The molecule has 0 spiro atoms. The van der Waals surface area contributed by atoms with Crippen molar-refractivity contribution in [2.45, 2.75) is 51.0 Å². The van der Waals surface area contributed by atoms with Crippen molar-refractivity contribution in [3.8, 4) is 11.6 Å². The van der Waals surface area contributed by atoms with E-state index in [1.54, 1.807) is 6.26 Å². The Labute approximate surface area is 158 Å². The molecule has 2 aromatic rings. The number of nitrogens with one attached hydrogen (secondary N) is 2. The van der Waals surface area contributed by atoms with Crippen LogP contribution in [0.3, 0.4) is 0 Å². The second-order valence-electron chi connectivity index (χ2n) is 5.93. The van der Waals surface area contributed by atoms with Crippen molar-refractivity contribution in [2.24, 2.45) is 10.7 Å². The van der Waals surface area contributed by atoms with Gasteiger partial charge in [0.1, 0.15) is 5.82 Å². The number of guanidine groups is 1. The van der Waals surface area contributed by atoms with Crippen LogP contribution in [0.5, 0.6) is 0 Å². The van der Waals surface area contributed by atoms with Crippen molar-refractivity contribution in [3.05, 3.63) is 24.2 Å². The second kappa shape index (κ2) is 9.65. The fourth-order valence-corrected chi connectivity index (χ4v) is 2.88. The molecule has 2 aromatic heterocycles. The number of aliphatic imine (C=N–C) groups is 1.